The van der Waals surface area contributed by atoms with Crippen LogP contribution in [-0.2, 0) is 0 Å². The van der Waals surface area contributed by atoms with Crippen LogP contribution in [0.15, 0.2) is 12.4 Å². The second-order valence-corrected chi connectivity index (χ2v) is 5.42. The first kappa shape index (κ1) is 11.9. The molecular weight excluding hydrogens is 224 g/mol. The van der Waals surface area contributed by atoms with Gasteiger partial charge in [0.25, 0.3) is 0 Å². The summed E-state index contributed by atoms with van der Waals surface area (Å²) in [7, 11) is 0. The number of hydrogen-bond donors (Lipinski definition) is 1. The highest BCUT2D eigenvalue weighted by Crippen LogP contribution is 2.28. The molecule has 98 valence electrons. The van der Waals surface area contributed by atoms with Gasteiger partial charge in [-0.25, -0.2) is 4.98 Å². The van der Waals surface area contributed by atoms with Gasteiger partial charge in [0.15, 0.2) is 0 Å². The van der Waals surface area contributed by atoms with Gasteiger partial charge in [0, 0.05) is 31.0 Å². The van der Waals surface area contributed by atoms with E-state index >= 15 is 0 Å². The Labute approximate surface area is 109 Å². The zero-order valence-electron chi connectivity index (χ0n) is 11.1. The van der Waals surface area contributed by atoms with Crippen molar-refractivity contribution in [3.05, 3.63) is 18.1 Å². The smallest absolute Gasteiger partial charge is 0.150 e. The van der Waals surface area contributed by atoms with E-state index in [0.29, 0.717) is 12.1 Å². The third kappa shape index (κ3) is 2.21. The van der Waals surface area contributed by atoms with Crippen LogP contribution in [0.4, 0.5) is 5.82 Å². The van der Waals surface area contributed by atoms with Crippen LogP contribution in [0, 0.1) is 6.92 Å². The highest BCUT2D eigenvalue weighted by Gasteiger charge is 2.32. The Bertz CT molecular complexity index is 401. The van der Waals surface area contributed by atoms with E-state index < -0.39 is 0 Å². The lowest BCUT2D eigenvalue weighted by Crippen LogP contribution is -2.51. The van der Waals surface area contributed by atoms with Crippen LogP contribution in [0.25, 0.3) is 0 Å². The van der Waals surface area contributed by atoms with Crippen LogP contribution in [0.1, 0.15) is 37.8 Å². The van der Waals surface area contributed by atoms with Crippen LogP contribution >= 0.6 is 0 Å². The Balaban J connectivity index is 1.85. The number of hydrogen-bond acceptors (Lipinski definition) is 4. The van der Waals surface area contributed by atoms with E-state index in [0.717, 1.165) is 18.1 Å². The molecule has 4 heteroatoms. The summed E-state index contributed by atoms with van der Waals surface area (Å²) in [6.07, 6.45) is 10.1. The van der Waals surface area contributed by atoms with Crippen molar-refractivity contribution in [3.63, 3.8) is 0 Å². The lowest BCUT2D eigenvalue weighted by Gasteiger charge is -2.40. The predicted octanol–water partition coefficient (Wildman–Crippen LogP) is 1.90. The maximum atomic E-state index is 4.56. The molecule has 18 heavy (non-hydrogen) atoms. The average Bonchev–Trinajstić information content (AvgIpc) is 2.93. The first-order chi connectivity index (χ1) is 8.86. The summed E-state index contributed by atoms with van der Waals surface area (Å²) in [6, 6.07) is 1.25. The van der Waals surface area contributed by atoms with Gasteiger partial charge in [-0.1, -0.05) is 0 Å². The molecule has 2 unspecified atom stereocenters. The van der Waals surface area contributed by atoms with E-state index in [1.807, 2.05) is 6.20 Å². The van der Waals surface area contributed by atoms with Crippen molar-refractivity contribution in [2.24, 2.45) is 0 Å². The molecule has 2 aliphatic heterocycles. The highest BCUT2D eigenvalue weighted by atomic mass is 15.3. The van der Waals surface area contributed by atoms with Crippen LogP contribution in [0.3, 0.4) is 0 Å². The third-order valence-electron chi connectivity index (χ3n) is 4.24. The van der Waals surface area contributed by atoms with E-state index in [9.17, 15) is 0 Å². The fraction of sp³-hybridized carbons (Fsp3) is 0.714. The molecule has 1 aromatic rings. The molecule has 0 aromatic carbocycles. The molecule has 0 aliphatic carbocycles. The minimum absolute atomic E-state index is 0.608. The quantitative estimate of drug-likeness (QED) is 0.865. The van der Waals surface area contributed by atoms with Crippen molar-refractivity contribution in [3.8, 4) is 0 Å². The first-order valence-electron chi connectivity index (χ1n) is 7.14. The number of aromatic nitrogens is 2. The van der Waals surface area contributed by atoms with Crippen LogP contribution in [0.2, 0.25) is 0 Å². The summed E-state index contributed by atoms with van der Waals surface area (Å²) >= 11 is 0. The third-order valence-corrected chi connectivity index (χ3v) is 4.24. The molecule has 2 aliphatic rings. The van der Waals surface area contributed by atoms with E-state index in [-0.39, 0.29) is 0 Å². The van der Waals surface area contributed by atoms with Crippen molar-refractivity contribution in [2.45, 2.75) is 51.1 Å². The lowest BCUT2D eigenvalue weighted by molar-refractivity contribution is 0.375. The second kappa shape index (κ2) is 5.22. The molecule has 0 saturated carbocycles. The average molecular weight is 246 g/mol. The maximum Gasteiger partial charge on any atom is 0.150 e. The van der Waals surface area contributed by atoms with Gasteiger partial charge in [0.05, 0.1) is 5.69 Å². The normalized spacial score (nSPS) is 28.6. The van der Waals surface area contributed by atoms with Crippen molar-refractivity contribution in [2.75, 3.05) is 18.0 Å². The Morgan fingerprint density at radius 3 is 2.83 bits per heavy atom. The standard InChI is InChI=1S/C14H22N4/c1-11-14(17-9-8-15-11)18-10-3-2-6-13(18)12-5-4-7-16-12/h8-9,12-13,16H,2-7,10H2,1H3. The fourth-order valence-electron chi connectivity index (χ4n) is 3.36. The Morgan fingerprint density at radius 2 is 2.06 bits per heavy atom. The van der Waals surface area contributed by atoms with E-state index in [2.05, 4.69) is 27.1 Å². The number of nitrogens with one attached hydrogen (secondary N) is 1. The summed E-state index contributed by atoms with van der Waals surface area (Å²) < 4.78 is 0. The number of rotatable bonds is 2. The molecule has 4 nitrogen and oxygen atoms in total. The molecule has 2 atom stereocenters. The van der Waals surface area contributed by atoms with Gasteiger partial charge in [0.2, 0.25) is 0 Å². The fourth-order valence-corrected chi connectivity index (χ4v) is 3.36. The second-order valence-electron chi connectivity index (χ2n) is 5.42. The number of anilines is 1. The lowest BCUT2D eigenvalue weighted by atomic mass is 9.94. The zero-order valence-corrected chi connectivity index (χ0v) is 11.1. The SMILES string of the molecule is Cc1nccnc1N1CCCCC1C1CCCN1. The Morgan fingerprint density at radius 1 is 1.17 bits per heavy atom. The topological polar surface area (TPSA) is 41.1 Å². The van der Waals surface area contributed by atoms with Gasteiger partial charge in [-0.15, -0.1) is 0 Å². The number of piperidine rings is 1. The zero-order chi connectivity index (χ0) is 12.4. The van der Waals surface area contributed by atoms with Gasteiger partial charge in [0.1, 0.15) is 5.82 Å². The molecule has 1 N–H and O–H groups in total. The minimum atomic E-state index is 0.608. The van der Waals surface area contributed by atoms with Crippen molar-refractivity contribution in [1.29, 1.82) is 0 Å². The van der Waals surface area contributed by atoms with Gasteiger partial charge in [-0.3, -0.25) is 4.98 Å². The number of nitrogens with zero attached hydrogens (tertiary/aromatic N) is 3. The van der Waals surface area contributed by atoms with E-state index in [1.165, 1.54) is 38.6 Å². The highest BCUT2D eigenvalue weighted by molar-refractivity contribution is 5.44. The summed E-state index contributed by atoms with van der Waals surface area (Å²) in [5.74, 6) is 1.09. The maximum absolute atomic E-state index is 4.56. The summed E-state index contributed by atoms with van der Waals surface area (Å²) in [5, 5.41) is 3.66. The van der Waals surface area contributed by atoms with Crippen molar-refractivity contribution in [1.82, 2.24) is 15.3 Å². The van der Waals surface area contributed by atoms with Crippen molar-refractivity contribution >= 4 is 5.82 Å². The molecule has 0 radical (unpaired) electrons. The van der Waals surface area contributed by atoms with Gasteiger partial charge in [-0.05, 0) is 45.6 Å². The molecule has 3 heterocycles. The van der Waals surface area contributed by atoms with Gasteiger partial charge >= 0.3 is 0 Å². The largest absolute Gasteiger partial charge is 0.351 e. The van der Waals surface area contributed by atoms with Crippen molar-refractivity contribution < 1.29 is 0 Å². The van der Waals surface area contributed by atoms with Gasteiger partial charge in [-0.2, -0.15) is 0 Å². The van der Waals surface area contributed by atoms with Crippen LogP contribution in [-0.4, -0.2) is 35.1 Å². The summed E-state index contributed by atoms with van der Waals surface area (Å²) in [6.45, 7) is 4.37. The Kier molecular flexibility index (Phi) is 3.46. The molecular formula is C14H22N4. The summed E-state index contributed by atoms with van der Waals surface area (Å²) in [4.78, 5) is 11.4. The minimum Gasteiger partial charge on any atom is -0.351 e. The Hall–Kier alpha value is -1.16. The monoisotopic (exact) mass is 246 g/mol. The van der Waals surface area contributed by atoms with Crippen LogP contribution < -0.4 is 10.2 Å². The van der Waals surface area contributed by atoms with Crippen LogP contribution in [0.5, 0.6) is 0 Å². The summed E-state index contributed by atoms with van der Waals surface area (Å²) in [5.41, 5.74) is 1.06. The molecule has 0 amide bonds. The molecule has 2 fully saturated rings. The molecule has 0 spiro atoms. The number of aryl methyl sites for hydroxylation is 1. The predicted molar refractivity (Wildman–Crippen MR) is 72.8 cm³/mol. The van der Waals surface area contributed by atoms with E-state index in [4.69, 9.17) is 0 Å². The molecule has 3 rings (SSSR count). The molecule has 0 bridgehead atoms. The molecule has 1 aromatic heterocycles. The first-order valence-corrected chi connectivity index (χ1v) is 7.14. The van der Waals surface area contributed by atoms with E-state index in [1.54, 1.807) is 6.20 Å². The van der Waals surface area contributed by atoms with Gasteiger partial charge < -0.3 is 10.2 Å². The molecule has 2 saturated heterocycles.